The molecular weight excluding hydrogens is 555 g/mol. The topological polar surface area (TPSA) is 131 Å². The Morgan fingerprint density at radius 2 is 1.61 bits per heavy atom. The predicted molar refractivity (Wildman–Crippen MR) is 169 cm³/mol. The van der Waals surface area contributed by atoms with Crippen molar-refractivity contribution >= 4 is 50.3 Å². The van der Waals surface area contributed by atoms with Crippen LogP contribution in [0.5, 0.6) is 0 Å². The fraction of sp³-hybridized carbons (Fsp3) is 0.129. The molecule has 0 aliphatic rings. The third-order valence-corrected chi connectivity index (χ3v) is 7.63. The smallest absolute Gasteiger partial charge is 0.243 e. The average molecular weight is 586 g/mol. The van der Waals surface area contributed by atoms with Crippen molar-refractivity contribution in [2.45, 2.75) is 24.8 Å². The molecule has 0 aromatic heterocycles. The maximum absolute atomic E-state index is 13.2. The number of carbonyl (C=O) groups is 1. The number of sulfonamides is 1. The van der Waals surface area contributed by atoms with Crippen molar-refractivity contribution < 1.29 is 13.2 Å². The fourth-order valence-electron chi connectivity index (χ4n) is 4.24. The van der Waals surface area contributed by atoms with Crippen LogP contribution in [0.15, 0.2) is 113 Å². The van der Waals surface area contributed by atoms with E-state index in [0.29, 0.717) is 46.2 Å². The lowest BCUT2D eigenvalue weighted by molar-refractivity contribution is -0.115. The van der Waals surface area contributed by atoms with E-state index in [1.165, 1.54) is 6.07 Å². The van der Waals surface area contributed by atoms with Gasteiger partial charge in [-0.3, -0.25) is 4.79 Å². The minimum Gasteiger partial charge on any atom is -0.383 e. The molecule has 210 valence electrons. The normalized spacial score (nSPS) is 11.6. The SMILES string of the molecule is CCC(=S)N=C(N)c1cccc(N(CC(=O)Nc2ccc(-c3ccccc3S(N)(=O)=O)cc2)Cc2ccccc2)c1. The number of nitrogens with one attached hydrogen (secondary N) is 1. The van der Waals surface area contributed by atoms with Gasteiger partial charge in [-0.05, 0) is 47.9 Å². The molecule has 0 aliphatic heterocycles. The first-order valence-corrected chi connectivity index (χ1v) is 14.9. The van der Waals surface area contributed by atoms with Crippen molar-refractivity contribution in [2.75, 3.05) is 16.8 Å². The highest BCUT2D eigenvalue weighted by molar-refractivity contribution is 7.89. The van der Waals surface area contributed by atoms with Crippen molar-refractivity contribution in [3.8, 4) is 11.1 Å². The summed E-state index contributed by atoms with van der Waals surface area (Å²) in [4.78, 5) is 20.0. The van der Waals surface area contributed by atoms with Crippen molar-refractivity contribution in [3.05, 3.63) is 114 Å². The molecule has 10 heteroatoms. The molecule has 0 saturated heterocycles. The number of benzene rings is 4. The van der Waals surface area contributed by atoms with E-state index in [1.54, 1.807) is 42.5 Å². The summed E-state index contributed by atoms with van der Waals surface area (Å²) in [6, 6.07) is 30.9. The molecule has 0 aliphatic carbocycles. The highest BCUT2D eigenvalue weighted by Gasteiger charge is 2.16. The zero-order chi connectivity index (χ0) is 29.4. The average Bonchev–Trinajstić information content (AvgIpc) is 2.97. The van der Waals surface area contributed by atoms with Crippen LogP contribution in [-0.4, -0.2) is 31.7 Å². The van der Waals surface area contributed by atoms with Gasteiger partial charge >= 0.3 is 0 Å². The second-order valence-corrected chi connectivity index (χ2v) is 11.3. The molecule has 0 heterocycles. The molecular formula is C31H31N5O3S2. The summed E-state index contributed by atoms with van der Waals surface area (Å²) < 4.78 is 24.0. The van der Waals surface area contributed by atoms with E-state index in [4.69, 9.17) is 23.1 Å². The number of rotatable bonds is 10. The Bertz CT molecular complexity index is 1670. The standard InChI is InChI=1S/C31H31N5O3S2/c1-2-30(40)35-31(32)24-11-8-12-26(19-24)36(20-22-9-4-3-5-10-22)21-29(37)34-25-17-15-23(16-18-25)27-13-6-7-14-28(27)41(33,38)39/h3-19H,2,20-21H2,1H3,(H,34,37)(H2,32,35,40)(H2,33,38,39). The summed E-state index contributed by atoms with van der Waals surface area (Å²) in [7, 11) is -3.89. The lowest BCUT2D eigenvalue weighted by atomic mass is 10.1. The molecule has 4 aromatic rings. The van der Waals surface area contributed by atoms with Gasteiger partial charge in [0, 0.05) is 29.0 Å². The van der Waals surface area contributed by atoms with Gasteiger partial charge in [-0.2, -0.15) is 0 Å². The molecule has 0 unspecified atom stereocenters. The van der Waals surface area contributed by atoms with E-state index < -0.39 is 10.0 Å². The van der Waals surface area contributed by atoms with Crippen LogP contribution in [0.3, 0.4) is 0 Å². The third-order valence-electron chi connectivity index (χ3n) is 6.28. The largest absolute Gasteiger partial charge is 0.383 e. The Hall–Kier alpha value is -4.38. The lowest BCUT2D eigenvalue weighted by Gasteiger charge is -2.25. The predicted octanol–water partition coefficient (Wildman–Crippen LogP) is 5.09. The molecule has 1 amide bonds. The Kier molecular flexibility index (Phi) is 9.61. The molecule has 0 fully saturated rings. The fourth-order valence-corrected chi connectivity index (χ4v) is 5.10. The monoisotopic (exact) mass is 585 g/mol. The van der Waals surface area contributed by atoms with Crippen molar-refractivity contribution in [2.24, 2.45) is 15.9 Å². The minimum absolute atomic E-state index is 0.0396. The number of anilines is 2. The van der Waals surface area contributed by atoms with Gasteiger partial charge in [-0.1, -0.05) is 91.9 Å². The summed E-state index contributed by atoms with van der Waals surface area (Å²) in [6.45, 7) is 2.48. The Labute approximate surface area is 245 Å². The van der Waals surface area contributed by atoms with Crippen molar-refractivity contribution in [1.82, 2.24) is 0 Å². The van der Waals surface area contributed by atoms with E-state index in [9.17, 15) is 13.2 Å². The molecule has 0 saturated carbocycles. The molecule has 0 spiro atoms. The zero-order valence-corrected chi connectivity index (χ0v) is 24.2. The number of thiocarbonyl (C=S) groups is 1. The molecule has 4 rings (SSSR count). The van der Waals surface area contributed by atoms with E-state index in [0.717, 1.165) is 11.3 Å². The summed E-state index contributed by atoms with van der Waals surface area (Å²) in [5.41, 5.74) is 10.5. The van der Waals surface area contributed by atoms with Crippen LogP contribution >= 0.6 is 12.2 Å². The van der Waals surface area contributed by atoms with E-state index in [1.807, 2.05) is 66.4 Å². The maximum atomic E-state index is 13.2. The van der Waals surface area contributed by atoms with Gasteiger partial charge in [-0.25, -0.2) is 18.5 Å². The molecule has 0 radical (unpaired) electrons. The van der Waals surface area contributed by atoms with Gasteiger partial charge in [0.05, 0.1) is 11.4 Å². The van der Waals surface area contributed by atoms with Gasteiger partial charge in [0.2, 0.25) is 15.9 Å². The third kappa shape index (κ3) is 8.07. The Morgan fingerprint density at radius 1 is 0.927 bits per heavy atom. The van der Waals surface area contributed by atoms with E-state index in [-0.39, 0.29) is 17.3 Å². The number of nitrogens with two attached hydrogens (primary N) is 2. The van der Waals surface area contributed by atoms with Crippen LogP contribution < -0.4 is 21.1 Å². The first-order valence-electron chi connectivity index (χ1n) is 12.9. The second-order valence-electron chi connectivity index (χ2n) is 9.30. The van der Waals surface area contributed by atoms with Gasteiger partial charge in [0.1, 0.15) is 10.8 Å². The summed E-state index contributed by atoms with van der Waals surface area (Å²) in [5, 5.41) is 8.32. The van der Waals surface area contributed by atoms with Crippen molar-refractivity contribution in [3.63, 3.8) is 0 Å². The first-order chi connectivity index (χ1) is 19.6. The van der Waals surface area contributed by atoms with E-state index >= 15 is 0 Å². The van der Waals surface area contributed by atoms with Gasteiger partial charge < -0.3 is 16.0 Å². The number of aliphatic imine (C=N–C) groups is 1. The van der Waals surface area contributed by atoms with Crippen LogP contribution in [0.4, 0.5) is 11.4 Å². The number of amides is 1. The van der Waals surface area contributed by atoms with E-state index in [2.05, 4.69) is 10.3 Å². The summed E-state index contributed by atoms with van der Waals surface area (Å²) in [6.07, 6.45) is 0.621. The highest BCUT2D eigenvalue weighted by atomic mass is 32.2. The molecule has 0 bridgehead atoms. The molecule has 0 atom stereocenters. The van der Waals surface area contributed by atoms with Crippen LogP contribution in [0, 0.1) is 0 Å². The zero-order valence-electron chi connectivity index (χ0n) is 22.5. The maximum Gasteiger partial charge on any atom is 0.243 e. The molecule has 5 N–H and O–H groups in total. The number of hydrogen-bond donors (Lipinski definition) is 3. The summed E-state index contributed by atoms with van der Waals surface area (Å²) >= 11 is 5.22. The van der Waals surface area contributed by atoms with Crippen LogP contribution in [0.25, 0.3) is 11.1 Å². The lowest BCUT2D eigenvalue weighted by Crippen LogP contribution is -2.33. The molecule has 8 nitrogen and oxygen atoms in total. The summed E-state index contributed by atoms with van der Waals surface area (Å²) in [5.74, 6) is 0.102. The van der Waals surface area contributed by atoms with Gasteiger partial charge in [0.15, 0.2) is 0 Å². The first kappa shape index (κ1) is 29.6. The number of primary sulfonamides is 1. The number of amidine groups is 1. The molecule has 41 heavy (non-hydrogen) atoms. The van der Waals surface area contributed by atoms with Crippen molar-refractivity contribution in [1.29, 1.82) is 0 Å². The second kappa shape index (κ2) is 13.3. The highest BCUT2D eigenvalue weighted by Crippen LogP contribution is 2.27. The van der Waals surface area contributed by atoms with Crippen LogP contribution in [0.2, 0.25) is 0 Å². The number of carbonyl (C=O) groups excluding carboxylic acids is 1. The quantitative estimate of drug-likeness (QED) is 0.135. The molecule has 4 aromatic carbocycles. The van der Waals surface area contributed by atoms with Crippen LogP contribution in [0.1, 0.15) is 24.5 Å². The Balaban J connectivity index is 1.55. The Morgan fingerprint density at radius 3 is 2.29 bits per heavy atom. The van der Waals surface area contributed by atoms with Crippen LogP contribution in [-0.2, 0) is 21.4 Å². The van der Waals surface area contributed by atoms with Gasteiger partial charge in [0.25, 0.3) is 0 Å². The number of nitrogens with zero attached hydrogens (tertiary/aromatic N) is 2. The minimum atomic E-state index is -3.89. The number of hydrogen-bond acceptors (Lipinski definition) is 5. The van der Waals surface area contributed by atoms with Gasteiger partial charge in [-0.15, -0.1) is 0 Å².